The van der Waals surface area contributed by atoms with E-state index in [2.05, 4.69) is 31.0 Å². The van der Waals surface area contributed by atoms with Crippen molar-refractivity contribution in [1.29, 1.82) is 0 Å². The van der Waals surface area contributed by atoms with Gasteiger partial charge in [-0.05, 0) is 32.4 Å². The van der Waals surface area contributed by atoms with Gasteiger partial charge in [0.15, 0.2) is 0 Å². The summed E-state index contributed by atoms with van der Waals surface area (Å²) in [7, 11) is 0. The second-order valence-electron chi connectivity index (χ2n) is 6.13. The molecule has 1 N–H and O–H groups in total. The van der Waals surface area contributed by atoms with E-state index in [1.54, 1.807) is 18.2 Å². The summed E-state index contributed by atoms with van der Waals surface area (Å²) in [5, 5.41) is 2.90. The van der Waals surface area contributed by atoms with Crippen LogP contribution in [0.2, 0.25) is 0 Å². The van der Waals surface area contributed by atoms with E-state index >= 15 is 0 Å². The van der Waals surface area contributed by atoms with E-state index in [1.807, 2.05) is 0 Å². The molecule has 0 spiro atoms. The van der Waals surface area contributed by atoms with Gasteiger partial charge in [0.05, 0.1) is 18.6 Å². The molecule has 1 aromatic rings. The van der Waals surface area contributed by atoms with Crippen LogP contribution in [-0.4, -0.2) is 48.7 Å². The number of nitrogens with zero attached hydrogens (tertiary/aromatic N) is 1. The number of benzene rings is 1. The smallest absolute Gasteiger partial charge is 0.224 e. The third kappa shape index (κ3) is 4.78. The van der Waals surface area contributed by atoms with Gasteiger partial charge in [0.25, 0.3) is 0 Å². The summed E-state index contributed by atoms with van der Waals surface area (Å²) in [6.07, 6.45) is 0.496. The summed E-state index contributed by atoms with van der Waals surface area (Å²) in [6.45, 7) is 8.52. The SMILES string of the molecule is CC1CN(C(C)CNC(=O)Cc2ccccc2F)CC(C)O1. The third-order valence-electron chi connectivity index (χ3n) is 3.97. The van der Waals surface area contributed by atoms with Gasteiger partial charge >= 0.3 is 0 Å². The fourth-order valence-corrected chi connectivity index (χ4v) is 2.85. The van der Waals surface area contributed by atoms with Crippen molar-refractivity contribution in [3.63, 3.8) is 0 Å². The van der Waals surface area contributed by atoms with Crippen LogP contribution in [0.25, 0.3) is 0 Å². The summed E-state index contributed by atoms with van der Waals surface area (Å²) in [5.74, 6) is -0.479. The minimum Gasteiger partial charge on any atom is -0.373 e. The number of amides is 1. The van der Waals surface area contributed by atoms with Gasteiger partial charge in [-0.25, -0.2) is 4.39 Å². The maximum absolute atomic E-state index is 13.5. The molecule has 0 bridgehead atoms. The maximum atomic E-state index is 13.5. The first kappa shape index (κ1) is 16.9. The lowest BCUT2D eigenvalue weighted by Crippen LogP contribution is -2.52. The summed E-state index contributed by atoms with van der Waals surface area (Å²) in [5.41, 5.74) is 0.432. The zero-order valence-electron chi connectivity index (χ0n) is 13.5. The first-order valence-corrected chi connectivity index (χ1v) is 7.85. The van der Waals surface area contributed by atoms with Crippen LogP contribution < -0.4 is 5.32 Å². The van der Waals surface area contributed by atoms with Crippen LogP contribution in [0.1, 0.15) is 26.3 Å². The number of halogens is 1. The Morgan fingerprint density at radius 2 is 2.00 bits per heavy atom. The van der Waals surface area contributed by atoms with Crippen molar-refractivity contribution in [2.75, 3.05) is 19.6 Å². The molecule has 4 nitrogen and oxygen atoms in total. The average molecular weight is 308 g/mol. The fourth-order valence-electron chi connectivity index (χ4n) is 2.85. The first-order valence-electron chi connectivity index (χ1n) is 7.85. The minimum absolute atomic E-state index is 0.0787. The molecule has 5 heteroatoms. The first-order chi connectivity index (χ1) is 10.5. The van der Waals surface area contributed by atoms with Crippen LogP contribution in [0.3, 0.4) is 0 Å². The molecule has 0 radical (unpaired) electrons. The van der Waals surface area contributed by atoms with Gasteiger partial charge in [-0.1, -0.05) is 18.2 Å². The van der Waals surface area contributed by atoms with Gasteiger partial charge in [0.1, 0.15) is 5.82 Å². The molecule has 0 aromatic heterocycles. The van der Waals surface area contributed by atoms with Gasteiger partial charge in [-0.3, -0.25) is 9.69 Å². The van der Waals surface area contributed by atoms with Crippen LogP contribution in [0.15, 0.2) is 24.3 Å². The quantitative estimate of drug-likeness (QED) is 0.904. The Kier molecular flexibility index (Phi) is 5.91. The monoisotopic (exact) mass is 308 g/mol. The predicted molar refractivity (Wildman–Crippen MR) is 84.2 cm³/mol. The second kappa shape index (κ2) is 7.70. The largest absolute Gasteiger partial charge is 0.373 e. The van der Waals surface area contributed by atoms with Crippen molar-refractivity contribution in [3.05, 3.63) is 35.6 Å². The van der Waals surface area contributed by atoms with Crippen molar-refractivity contribution in [3.8, 4) is 0 Å². The molecule has 3 atom stereocenters. The molecule has 1 fully saturated rings. The predicted octanol–water partition coefficient (Wildman–Crippen LogP) is 1.98. The molecule has 1 saturated heterocycles. The Morgan fingerprint density at radius 1 is 1.36 bits per heavy atom. The molecule has 3 unspecified atom stereocenters. The van der Waals surface area contributed by atoms with Crippen molar-refractivity contribution in [2.24, 2.45) is 0 Å². The van der Waals surface area contributed by atoms with Crippen molar-refractivity contribution in [1.82, 2.24) is 10.2 Å². The lowest BCUT2D eigenvalue weighted by Gasteiger charge is -2.39. The zero-order chi connectivity index (χ0) is 16.1. The highest BCUT2D eigenvalue weighted by atomic mass is 19.1. The van der Waals surface area contributed by atoms with Crippen LogP contribution >= 0.6 is 0 Å². The maximum Gasteiger partial charge on any atom is 0.224 e. The van der Waals surface area contributed by atoms with Crippen LogP contribution in [0, 0.1) is 5.82 Å². The van der Waals surface area contributed by atoms with E-state index in [0.29, 0.717) is 12.1 Å². The number of morpholine rings is 1. The van der Waals surface area contributed by atoms with Crippen LogP contribution in [0.4, 0.5) is 4.39 Å². The Hall–Kier alpha value is -1.46. The molecular weight excluding hydrogens is 283 g/mol. The topological polar surface area (TPSA) is 41.6 Å². The highest BCUT2D eigenvalue weighted by Crippen LogP contribution is 2.13. The van der Waals surface area contributed by atoms with Gasteiger partial charge in [-0.15, -0.1) is 0 Å². The van der Waals surface area contributed by atoms with Crippen molar-refractivity contribution < 1.29 is 13.9 Å². The third-order valence-corrected chi connectivity index (χ3v) is 3.97. The molecular formula is C17H25FN2O2. The molecule has 1 amide bonds. The van der Waals surface area contributed by atoms with Crippen LogP contribution in [0.5, 0.6) is 0 Å². The molecule has 22 heavy (non-hydrogen) atoms. The summed E-state index contributed by atoms with van der Waals surface area (Å²) >= 11 is 0. The number of nitrogens with one attached hydrogen (secondary N) is 1. The van der Waals surface area contributed by atoms with Crippen LogP contribution in [-0.2, 0) is 16.0 Å². The van der Waals surface area contributed by atoms with E-state index in [9.17, 15) is 9.18 Å². The van der Waals surface area contributed by atoms with Crippen molar-refractivity contribution in [2.45, 2.75) is 45.4 Å². The molecule has 1 aromatic carbocycles. The molecule has 122 valence electrons. The van der Waals surface area contributed by atoms with Gasteiger partial charge in [0.2, 0.25) is 5.91 Å². The number of hydrogen-bond acceptors (Lipinski definition) is 3. The molecule has 1 heterocycles. The second-order valence-corrected chi connectivity index (χ2v) is 6.13. The summed E-state index contributed by atoms with van der Waals surface area (Å²) < 4.78 is 19.2. The molecule has 0 saturated carbocycles. The fraction of sp³-hybridized carbons (Fsp3) is 0.588. The standard InChI is InChI=1S/C17H25FN2O2/c1-12(20-10-13(2)22-14(3)11-20)9-19-17(21)8-15-6-4-5-7-16(15)18/h4-7,12-14H,8-11H2,1-3H3,(H,19,21). The van der Waals surface area contributed by atoms with Gasteiger partial charge in [0, 0.05) is 25.7 Å². The Labute approximate surface area is 131 Å². The minimum atomic E-state index is -0.332. The number of rotatable bonds is 5. The number of hydrogen-bond donors (Lipinski definition) is 1. The average Bonchev–Trinajstić information content (AvgIpc) is 2.46. The molecule has 0 aliphatic carbocycles. The Morgan fingerprint density at radius 3 is 2.64 bits per heavy atom. The van der Waals surface area contributed by atoms with E-state index in [4.69, 9.17) is 4.74 Å². The number of carbonyl (C=O) groups excluding carboxylic acids is 1. The summed E-state index contributed by atoms with van der Waals surface area (Å²) in [6, 6.07) is 6.62. The zero-order valence-corrected chi connectivity index (χ0v) is 13.5. The Bertz CT molecular complexity index is 499. The van der Waals surface area contributed by atoms with Gasteiger partial charge in [-0.2, -0.15) is 0 Å². The lowest BCUT2D eigenvalue weighted by atomic mass is 10.1. The van der Waals surface area contributed by atoms with E-state index in [1.165, 1.54) is 6.07 Å². The van der Waals surface area contributed by atoms with Gasteiger partial charge < -0.3 is 10.1 Å². The molecule has 1 aliphatic heterocycles. The van der Waals surface area contributed by atoms with E-state index in [0.717, 1.165) is 13.1 Å². The number of ether oxygens (including phenoxy) is 1. The Balaban J connectivity index is 1.79. The van der Waals surface area contributed by atoms with E-state index in [-0.39, 0.29) is 36.4 Å². The highest BCUT2D eigenvalue weighted by molar-refractivity contribution is 5.78. The highest BCUT2D eigenvalue weighted by Gasteiger charge is 2.25. The normalized spacial score (nSPS) is 24.0. The molecule has 2 rings (SSSR count). The van der Waals surface area contributed by atoms with E-state index < -0.39 is 0 Å². The lowest BCUT2D eigenvalue weighted by molar-refractivity contribution is -0.121. The van der Waals surface area contributed by atoms with Crippen molar-refractivity contribution >= 4 is 5.91 Å². The number of carbonyl (C=O) groups is 1. The summed E-state index contributed by atoms with van der Waals surface area (Å²) in [4.78, 5) is 14.3. The molecule has 1 aliphatic rings.